The highest BCUT2D eigenvalue weighted by molar-refractivity contribution is 5.85. The average Bonchev–Trinajstić information content (AvgIpc) is 2.39. The molecule has 0 aliphatic rings. The number of methoxy groups -OCH3 is 1. The minimum atomic E-state index is -0.606. The van der Waals surface area contributed by atoms with Crippen LogP contribution in [0.1, 0.15) is 12.0 Å². The highest BCUT2D eigenvalue weighted by Gasteiger charge is 2.12. The fraction of sp³-hybridized carbons (Fsp3) is 0.462. The van der Waals surface area contributed by atoms with Gasteiger partial charge in [0, 0.05) is 25.8 Å². The number of nitrogens with two attached hydrogens (primary N) is 1. The summed E-state index contributed by atoms with van der Waals surface area (Å²) in [5.74, 6) is -1.47. The second kappa shape index (κ2) is 9.63. The third-order valence-electron chi connectivity index (χ3n) is 2.77. The number of hydrogen-bond donors (Lipinski definition) is 2. The fourth-order valence-electron chi connectivity index (χ4n) is 1.64. The van der Waals surface area contributed by atoms with Crippen molar-refractivity contribution in [1.29, 1.82) is 0 Å². The maximum absolute atomic E-state index is 13.3. The summed E-state index contributed by atoms with van der Waals surface area (Å²) in [6.45, 7) is 0.406. The highest BCUT2D eigenvalue weighted by atomic mass is 35.5. The Morgan fingerprint density at radius 2 is 2.00 bits per heavy atom. The Morgan fingerprint density at radius 1 is 1.40 bits per heavy atom. The molecule has 0 radical (unpaired) electrons. The van der Waals surface area contributed by atoms with Gasteiger partial charge in [-0.25, -0.2) is 8.78 Å². The van der Waals surface area contributed by atoms with Gasteiger partial charge in [-0.2, -0.15) is 0 Å². The first-order chi connectivity index (χ1) is 9.08. The van der Waals surface area contributed by atoms with Gasteiger partial charge in [-0.15, -0.1) is 12.4 Å². The molecule has 114 valence electrons. The number of ether oxygens (including phenoxy) is 1. The van der Waals surface area contributed by atoms with Gasteiger partial charge < -0.3 is 15.8 Å². The highest BCUT2D eigenvalue weighted by Crippen LogP contribution is 2.12. The Labute approximate surface area is 123 Å². The quantitative estimate of drug-likeness (QED) is 0.800. The Kier molecular flexibility index (Phi) is 9.03. The molecule has 0 spiro atoms. The van der Waals surface area contributed by atoms with Crippen molar-refractivity contribution < 1.29 is 18.3 Å². The van der Waals surface area contributed by atoms with Crippen molar-refractivity contribution in [1.82, 2.24) is 5.32 Å². The van der Waals surface area contributed by atoms with Gasteiger partial charge in [0.15, 0.2) is 0 Å². The third-order valence-corrected chi connectivity index (χ3v) is 2.77. The van der Waals surface area contributed by atoms with Gasteiger partial charge in [-0.3, -0.25) is 4.79 Å². The van der Waals surface area contributed by atoms with Gasteiger partial charge in [-0.05, 0) is 18.6 Å². The lowest BCUT2D eigenvalue weighted by atomic mass is 10.1. The van der Waals surface area contributed by atoms with E-state index in [4.69, 9.17) is 10.5 Å². The maximum Gasteiger partial charge on any atom is 0.222 e. The molecule has 3 N–H and O–H groups in total. The van der Waals surface area contributed by atoms with Crippen LogP contribution in [-0.4, -0.2) is 32.2 Å². The Hall–Kier alpha value is -1.24. The van der Waals surface area contributed by atoms with Crippen LogP contribution < -0.4 is 11.1 Å². The van der Waals surface area contributed by atoms with Crippen LogP contribution in [0.2, 0.25) is 0 Å². The monoisotopic (exact) mass is 308 g/mol. The maximum atomic E-state index is 13.3. The molecule has 1 aromatic carbocycles. The molecule has 0 aliphatic carbocycles. The van der Waals surface area contributed by atoms with Crippen molar-refractivity contribution in [2.45, 2.75) is 18.9 Å². The summed E-state index contributed by atoms with van der Waals surface area (Å²) >= 11 is 0. The van der Waals surface area contributed by atoms with Crippen LogP contribution in [-0.2, 0) is 16.0 Å². The number of halogens is 3. The van der Waals surface area contributed by atoms with Crippen molar-refractivity contribution >= 4 is 18.3 Å². The van der Waals surface area contributed by atoms with Gasteiger partial charge in [0.1, 0.15) is 11.6 Å². The SMILES string of the molecule is COC(CN)CC(=O)NCCc1c(F)cccc1F.Cl. The predicted octanol–water partition coefficient (Wildman–Crippen LogP) is 1.41. The lowest BCUT2D eigenvalue weighted by Crippen LogP contribution is -2.33. The molecule has 7 heteroatoms. The molecule has 1 unspecified atom stereocenters. The number of benzene rings is 1. The molecule has 1 rings (SSSR count). The normalized spacial score (nSPS) is 11.6. The molecule has 4 nitrogen and oxygen atoms in total. The average molecular weight is 309 g/mol. The fourth-order valence-corrected chi connectivity index (χ4v) is 1.64. The third kappa shape index (κ3) is 5.81. The van der Waals surface area contributed by atoms with Crippen molar-refractivity contribution in [2.24, 2.45) is 5.73 Å². The van der Waals surface area contributed by atoms with Crippen LogP contribution in [0, 0.1) is 11.6 Å². The molecule has 0 aromatic heterocycles. The van der Waals surface area contributed by atoms with Crippen molar-refractivity contribution in [3.63, 3.8) is 0 Å². The number of carbonyl (C=O) groups excluding carboxylic acids is 1. The number of carbonyl (C=O) groups is 1. The zero-order valence-electron chi connectivity index (χ0n) is 11.2. The minimum Gasteiger partial charge on any atom is -0.380 e. The smallest absolute Gasteiger partial charge is 0.222 e. The summed E-state index contributed by atoms with van der Waals surface area (Å²) in [5, 5.41) is 2.58. The standard InChI is InChI=1S/C13H18F2N2O2.ClH/c1-19-9(8-16)7-13(18)17-6-5-10-11(14)3-2-4-12(10)15;/h2-4,9H,5-8,16H2,1H3,(H,17,18);1H. The van der Waals surface area contributed by atoms with E-state index >= 15 is 0 Å². The number of amides is 1. The number of nitrogens with one attached hydrogen (secondary N) is 1. The van der Waals surface area contributed by atoms with E-state index in [9.17, 15) is 13.6 Å². The Bertz CT molecular complexity index is 409. The van der Waals surface area contributed by atoms with E-state index in [0.717, 1.165) is 0 Å². The van der Waals surface area contributed by atoms with Crippen LogP contribution in [0.15, 0.2) is 18.2 Å². The second-order valence-corrected chi connectivity index (χ2v) is 4.10. The predicted molar refractivity (Wildman–Crippen MR) is 74.8 cm³/mol. The van der Waals surface area contributed by atoms with Crippen LogP contribution in [0.3, 0.4) is 0 Å². The summed E-state index contributed by atoms with van der Waals surface area (Å²) in [5.41, 5.74) is 5.36. The lowest BCUT2D eigenvalue weighted by Gasteiger charge is -2.12. The zero-order valence-corrected chi connectivity index (χ0v) is 12.0. The minimum absolute atomic E-state index is 0. The molecule has 1 atom stereocenters. The van der Waals surface area contributed by atoms with E-state index in [2.05, 4.69) is 5.32 Å². The summed E-state index contributed by atoms with van der Waals surface area (Å²) in [4.78, 5) is 11.5. The van der Waals surface area contributed by atoms with E-state index in [0.29, 0.717) is 0 Å². The van der Waals surface area contributed by atoms with Crippen molar-refractivity contribution in [3.05, 3.63) is 35.4 Å². The van der Waals surface area contributed by atoms with Gasteiger partial charge in [0.05, 0.1) is 12.5 Å². The zero-order chi connectivity index (χ0) is 14.3. The largest absolute Gasteiger partial charge is 0.380 e. The van der Waals surface area contributed by atoms with Gasteiger partial charge in [0.2, 0.25) is 5.91 Å². The topological polar surface area (TPSA) is 64.3 Å². The molecule has 1 aromatic rings. The molecule has 0 bridgehead atoms. The van der Waals surface area contributed by atoms with Crippen LogP contribution in [0.4, 0.5) is 8.78 Å². The van der Waals surface area contributed by atoms with Crippen molar-refractivity contribution in [3.8, 4) is 0 Å². The molecular weight excluding hydrogens is 290 g/mol. The first-order valence-electron chi connectivity index (χ1n) is 6.01. The van der Waals surface area contributed by atoms with Gasteiger partial charge in [0.25, 0.3) is 0 Å². The first kappa shape index (κ1) is 18.8. The summed E-state index contributed by atoms with van der Waals surface area (Å²) < 4.78 is 31.6. The molecule has 0 fully saturated rings. The van der Waals surface area contributed by atoms with Gasteiger partial charge >= 0.3 is 0 Å². The van der Waals surface area contributed by atoms with E-state index in [1.54, 1.807) is 0 Å². The molecule has 0 saturated carbocycles. The van der Waals surface area contributed by atoms with Crippen LogP contribution in [0.25, 0.3) is 0 Å². The van der Waals surface area contributed by atoms with E-state index < -0.39 is 11.6 Å². The van der Waals surface area contributed by atoms with Crippen LogP contribution >= 0.6 is 12.4 Å². The molecule has 0 saturated heterocycles. The van der Waals surface area contributed by atoms with Crippen LogP contribution in [0.5, 0.6) is 0 Å². The van der Waals surface area contributed by atoms with E-state index in [-0.39, 0.29) is 55.9 Å². The molecule has 1 amide bonds. The Morgan fingerprint density at radius 3 is 2.50 bits per heavy atom. The summed E-state index contributed by atoms with van der Waals surface area (Å²) in [6.07, 6.45) is -0.109. The molecule has 0 aliphatic heterocycles. The molecular formula is C13H19ClF2N2O2. The number of hydrogen-bond acceptors (Lipinski definition) is 3. The summed E-state index contributed by atoms with van der Waals surface area (Å²) in [7, 11) is 1.47. The molecule has 20 heavy (non-hydrogen) atoms. The van der Waals surface area contributed by atoms with E-state index in [1.807, 2.05) is 0 Å². The second-order valence-electron chi connectivity index (χ2n) is 4.10. The lowest BCUT2D eigenvalue weighted by molar-refractivity contribution is -0.123. The Balaban J connectivity index is 0.00000361. The number of rotatable bonds is 7. The van der Waals surface area contributed by atoms with Crippen molar-refractivity contribution in [2.75, 3.05) is 20.2 Å². The van der Waals surface area contributed by atoms with Gasteiger partial charge in [-0.1, -0.05) is 6.07 Å². The summed E-state index contributed by atoms with van der Waals surface area (Å²) in [6, 6.07) is 3.68. The molecule has 0 heterocycles. The first-order valence-corrected chi connectivity index (χ1v) is 6.01. The van der Waals surface area contributed by atoms with E-state index in [1.165, 1.54) is 25.3 Å².